The molecule has 0 saturated heterocycles. The van der Waals surface area contributed by atoms with E-state index < -0.39 is 0 Å². The van der Waals surface area contributed by atoms with Gasteiger partial charge < -0.3 is 16.4 Å². The van der Waals surface area contributed by atoms with Crippen molar-refractivity contribution < 1.29 is 0 Å². The Bertz CT molecular complexity index is 675. The number of nitriles is 1. The van der Waals surface area contributed by atoms with E-state index in [-0.39, 0.29) is 23.3 Å². The predicted molar refractivity (Wildman–Crippen MR) is 75.9 cm³/mol. The maximum Gasteiger partial charge on any atom is 0.224 e. The van der Waals surface area contributed by atoms with Crippen LogP contribution in [-0.2, 0) is 0 Å². The maximum atomic E-state index is 10.9. The van der Waals surface area contributed by atoms with Gasteiger partial charge in [-0.1, -0.05) is 0 Å². The molecule has 0 aliphatic rings. The zero-order chi connectivity index (χ0) is 14.5. The summed E-state index contributed by atoms with van der Waals surface area (Å²) in [4.78, 5) is 18.7. The Kier molecular flexibility index (Phi) is 3.72. The monoisotopic (exact) mass is 269 g/mol. The Morgan fingerprint density at radius 2 is 1.90 bits per heavy atom. The molecule has 8 nitrogen and oxygen atoms in total. The van der Waals surface area contributed by atoms with Crippen molar-refractivity contribution in [2.24, 2.45) is 5.18 Å². The number of nitrogen functional groups attached to an aromatic ring is 1. The highest BCUT2D eigenvalue weighted by molar-refractivity contribution is 5.78. The van der Waals surface area contributed by atoms with Gasteiger partial charge in [-0.05, 0) is 29.4 Å². The van der Waals surface area contributed by atoms with E-state index in [1.54, 1.807) is 31.3 Å². The number of benzene rings is 1. The lowest BCUT2D eigenvalue weighted by Gasteiger charge is -2.10. The number of rotatable bonds is 4. The van der Waals surface area contributed by atoms with Gasteiger partial charge in [-0.15, -0.1) is 4.91 Å². The molecule has 1 aromatic heterocycles. The molecule has 2 rings (SSSR count). The maximum absolute atomic E-state index is 10.9. The fourth-order valence-electron chi connectivity index (χ4n) is 1.58. The van der Waals surface area contributed by atoms with E-state index in [0.717, 1.165) is 0 Å². The molecule has 0 unspecified atom stereocenters. The smallest absolute Gasteiger partial charge is 0.224 e. The lowest BCUT2D eigenvalue weighted by atomic mass is 10.2. The zero-order valence-electron chi connectivity index (χ0n) is 10.6. The molecular formula is C12H11N7O. The first-order chi connectivity index (χ1) is 9.67. The third-order valence-corrected chi connectivity index (χ3v) is 2.51. The Hall–Kier alpha value is -3.21. The lowest BCUT2D eigenvalue weighted by Crippen LogP contribution is -2.04. The number of hydrogen-bond acceptors (Lipinski definition) is 8. The standard InChI is InChI=1S/C12H11N7O/c1-15-10-9(19-20)11(18-12(14)17-10)16-8-4-2-7(6-13)3-5-8/h2-5H,1H3,(H4,14,15,16,17,18). The zero-order valence-corrected chi connectivity index (χ0v) is 10.6. The highest BCUT2D eigenvalue weighted by Gasteiger charge is 2.13. The molecule has 4 N–H and O–H groups in total. The van der Waals surface area contributed by atoms with Crippen molar-refractivity contribution in [2.45, 2.75) is 0 Å². The summed E-state index contributed by atoms with van der Waals surface area (Å²) in [6.45, 7) is 0. The summed E-state index contributed by atoms with van der Waals surface area (Å²) in [6.07, 6.45) is 0. The summed E-state index contributed by atoms with van der Waals surface area (Å²) in [6, 6.07) is 8.66. The summed E-state index contributed by atoms with van der Waals surface area (Å²) < 4.78 is 0. The van der Waals surface area contributed by atoms with E-state index in [0.29, 0.717) is 11.3 Å². The van der Waals surface area contributed by atoms with Crippen molar-refractivity contribution >= 4 is 29.0 Å². The minimum Gasteiger partial charge on any atom is -0.371 e. The molecule has 0 fully saturated rings. The quantitative estimate of drug-likeness (QED) is 0.724. The molecule has 2 aromatic rings. The van der Waals surface area contributed by atoms with Crippen LogP contribution in [0.2, 0.25) is 0 Å². The van der Waals surface area contributed by atoms with Crippen LogP contribution in [0.5, 0.6) is 0 Å². The van der Waals surface area contributed by atoms with Crippen LogP contribution >= 0.6 is 0 Å². The average Bonchev–Trinajstić information content (AvgIpc) is 2.47. The third kappa shape index (κ3) is 2.62. The first kappa shape index (κ1) is 13.2. The molecule has 0 atom stereocenters. The van der Waals surface area contributed by atoms with Gasteiger partial charge in [0.15, 0.2) is 17.3 Å². The van der Waals surface area contributed by atoms with E-state index in [2.05, 4.69) is 25.8 Å². The summed E-state index contributed by atoms with van der Waals surface area (Å²) in [7, 11) is 1.60. The summed E-state index contributed by atoms with van der Waals surface area (Å²) in [5, 5.41) is 17.3. The minimum absolute atomic E-state index is 0.0119. The second kappa shape index (κ2) is 5.62. The number of hydrogen-bond donors (Lipinski definition) is 3. The Balaban J connectivity index is 2.39. The molecule has 0 spiro atoms. The Labute approximate surface area is 114 Å². The molecule has 8 heteroatoms. The molecular weight excluding hydrogens is 258 g/mol. The van der Waals surface area contributed by atoms with Gasteiger partial charge >= 0.3 is 0 Å². The number of anilines is 4. The van der Waals surface area contributed by atoms with Crippen LogP contribution in [0.25, 0.3) is 0 Å². The molecule has 0 saturated carbocycles. The molecule has 1 aromatic carbocycles. The van der Waals surface area contributed by atoms with Crippen LogP contribution < -0.4 is 16.4 Å². The molecule has 0 bridgehead atoms. The van der Waals surface area contributed by atoms with Crippen molar-refractivity contribution in [2.75, 3.05) is 23.4 Å². The van der Waals surface area contributed by atoms with Crippen LogP contribution in [-0.4, -0.2) is 17.0 Å². The SMILES string of the molecule is CNc1nc(N)nc(Nc2ccc(C#N)cc2)c1N=O. The van der Waals surface area contributed by atoms with Crippen molar-refractivity contribution in [3.05, 3.63) is 34.7 Å². The van der Waals surface area contributed by atoms with Crippen LogP contribution in [0.15, 0.2) is 29.4 Å². The topological polar surface area (TPSA) is 129 Å². The van der Waals surface area contributed by atoms with Gasteiger partial charge in [0.1, 0.15) is 0 Å². The van der Waals surface area contributed by atoms with Crippen LogP contribution in [0.4, 0.5) is 29.0 Å². The van der Waals surface area contributed by atoms with E-state index in [4.69, 9.17) is 11.0 Å². The van der Waals surface area contributed by atoms with Crippen molar-refractivity contribution in [1.29, 1.82) is 5.26 Å². The fraction of sp³-hybridized carbons (Fsp3) is 0.0833. The summed E-state index contributed by atoms with van der Waals surface area (Å²) >= 11 is 0. The predicted octanol–water partition coefficient (Wildman–Crippen LogP) is 2.11. The van der Waals surface area contributed by atoms with E-state index >= 15 is 0 Å². The number of nitrogens with zero attached hydrogens (tertiary/aromatic N) is 4. The largest absolute Gasteiger partial charge is 0.371 e. The Morgan fingerprint density at radius 3 is 2.45 bits per heavy atom. The van der Waals surface area contributed by atoms with Gasteiger partial charge in [0.2, 0.25) is 5.95 Å². The number of nitroso groups, excluding NO2 is 1. The molecule has 20 heavy (non-hydrogen) atoms. The number of nitrogens with two attached hydrogens (primary N) is 1. The van der Waals surface area contributed by atoms with Gasteiger partial charge in [-0.25, -0.2) is 0 Å². The summed E-state index contributed by atoms with van der Waals surface area (Å²) in [5.41, 5.74) is 6.78. The number of aromatic nitrogens is 2. The van der Waals surface area contributed by atoms with E-state index in [1.807, 2.05) is 6.07 Å². The van der Waals surface area contributed by atoms with Gasteiger partial charge in [-0.2, -0.15) is 15.2 Å². The highest BCUT2D eigenvalue weighted by Crippen LogP contribution is 2.32. The van der Waals surface area contributed by atoms with Crippen LogP contribution in [0.3, 0.4) is 0 Å². The molecule has 0 aliphatic heterocycles. The second-order valence-electron chi connectivity index (χ2n) is 3.78. The molecule has 1 heterocycles. The van der Waals surface area contributed by atoms with Gasteiger partial charge in [0.25, 0.3) is 0 Å². The third-order valence-electron chi connectivity index (χ3n) is 2.51. The summed E-state index contributed by atoms with van der Waals surface area (Å²) in [5.74, 6) is 0.447. The van der Waals surface area contributed by atoms with Crippen molar-refractivity contribution in [3.63, 3.8) is 0 Å². The Morgan fingerprint density at radius 1 is 1.25 bits per heavy atom. The van der Waals surface area contributed by atoms with Crippen LogP contribution in [0, 0.1) is 16.2 Å². The minimum atomic E-state index is 0.0119. The van der Waals surface area contributed by atoms with Crippen LogP contribution in [0.1, 0.15) is 5.56 Å². The lowest BCUT2D eigenvalue weighted by molar-refractivity contribution is 1.16. The van der Waals surface area contributed by atoms with Gasteiger partial charge in [0, 0.05) is 12.7 Å². The average molecular weight is 269 g/mol. The van der Waals surface area contributed by atoms with Crippen molar-refractivity contribution in [1.82, 2.24) is 9.97 Å². The van der Waals surface area contributed by atoms with Gasteiger partial charge in [0.05, 0.1) is 11.6 Å². The first-order valence-electron chi connectivity index (χ1n) is 5.63. The first-order valence-corrected chi connectivity index (χ1v) is 5.63. The molecule has 0 radical (unpaired) electrons. The van der Waals surface area contributed by atoms with E-state index in [1.165, 1.54) is 0 Å². The van der Waals surface area contributed by atoms with Gasteiger partial charge in [-0.3, -0.25) is 0 Å². The second-order valence-corrected chi connectivity index (χ2v) is 3.78. The van der Waals surface area contributed by atoms with E-state index in [9.17, 15) is 4.91 Å². The fourth-order valence-corrected chi connectivity index (χ4v) is 1.58. The normalized spacial score (nSPS) is 9.60. The number of nitrogens with one attached hydrogen (secondary N) is 2. The molecule has 0 amide bonds. The highest BCUT2D eigenvalue weighted by atomic mass is 16.3. The molecule has 0 aliphatic carbocycles. The molecule has 100 valence electrons. The van der Waals surface area contributed by atoms with Crippen molar-refractivity contribution in [3.8, 4) is 6.07 Å².